The Kier molecular flexibility index (Phi) is 4.56. The normalized spacial score (nSPS) is 24.7. The van der Waals surface area contributed by atoms with E-state index in [1.54, 1.807) is 0 Å². The number of rotatable bonds is 3. The number of nitrogens with zero attached hydrogens (tertiary/aromatic N) is 1. The first-order valence-corrected chi connectivity index (χ1v) is 7.80. The Balaban J connectivity index is 3.05. The summed E-state index contributed by atoms with van der Waals surface area (Å²) in [4.78, 5) is 15.2. The Labute approximate surface area is 119 Å². The first kappa shape index (κ1) is 16.7. The Bertz CT molecular complexity index is 328. The van der Waals surface area contributed by atoms with Crippen LogP contribution in [0, 0.1) is 11.3 Å². The number of likely N-dealkylation sites (tertiary alicyclic amines) is 1. The van der Waals surface area contributed by atoms with Gasteiger partial charge in [-0.1, -0.05) is 34.6 Å². The van der Waals surface area contributed by atoms with Crippen LogP contribution in [0.3, 0.4) is 0 Å². The average molecular weight is 267 g/mol. The van der Waals surface area contributed by atoms with E-state index < -0.39 is 0 Å². The van der Waals surface area contributed by atoms with Crippen molar-refractivity contribution in [3.63, 3.8) is 0 Å². The summed E-state index contributed by atoms with van der Waals surface area (Å²) in [6.45, 7) is 18.4. The second-order valence-electron chi connectivity index (χ2n) is 8.23. The minimum absolute atomic E-state index is 0.138. The molecule has 1 unspecified atom stereocenters. The number of ketones is 1. The van der Waals surface area contributed by atoms with Crippen molar-refractivity contribution < 1.29 is 4.79 Å². The Hall–Kier alpha value is -0.370. The quantitative estimate of drug-likeness (QED) is 0.760. The summed E-state index contributed by atoms with van der Waals surface area (Å²) in [5, 5.41) is 0. The number of Topliss-reactive ketones (excluding diaryl/α,β-unsaturated/α-hetero) is 1. The first-order valence-electron chi connectivity index (χ1n) is 7.80. The summed E-state index contributed by atoms with van der Waals surface area (Å²) < 4.78 is 0. The highest BCUT2D eigenvalue weighted by atomic mass is 16.1. The topological polar surface area (TPSA) is 20.3 Å². The zero-order valence-electron chi connectivity index (χ0n) is 14.3. The number of hydrogen-bond donors (Lipinski definition) is 0. The maximum atomic E-state index is 12.6. The molecule has 0 amide bonds. The van der Waals surface area contributed by atoms with Gasteiger partial charge in [0.15, 0.2) is 0 Å². The van der Waals surface area contributed by atoms with Gasteiger partial charge in [-0.2, -0.15) is 0 Å². The molecule has 2 nitrogen and oxygen atoms in total. The van der Waals surface area contributed by atoms with Crippen LogP contribution >= 0.6 is 0 Å². The Morgan fingerprint density at radius 3 is 1.84 bits per heavy atom. The molecule has 1 saturated heterocycles. The van der Waals surface area contributed by atoms with E-state index in [4.69, 9.17) is 0 Å². The molecule has 0 bridgehead atoms. The van der Waals surface area contributed by atoms with Crippen LogP contribution < -0.4 is 0 Å². The van der Waals surface area contributed by atoms with Crippen molar-refractivity contribution in [3.8, 4) is 0 Å². The van der Waals surface area contributed by atoms with Gasteiger partial charge in [0.2, 0.25) is 0 Å². The number of carbonyl (C=O) groups is 1. The van der Waals surface area contributed by atoms with Gasteiger partial charge < -0.3 is 0 Å². The summed E-state index contributed by atoms with van der Waals surface area (Å²) in [6, 6.07) is 0. The van der Waals surface area contributed by atoms with Crippen LogP contribution in [-0.4, -0.2) is 28.3 Å². The maximum absolute atomic E-state index is 12.6. The molecule has 0 aliphatic carbocycles. The molecule has 0 radical (unpaired) electrons. The third-order valence-corrected chi connectivity index (χ3v) is 4.84. The number of hydrogen-bond acceptors (Lipinski definition) is 2. The summed E-state index contributed by atoms with van der Waals surface area (Å²) in [6.07, 6.45) is 3.30. The van der Waals surface area contributed by atoms with E-state index in [-0.39, 0.29) is 22.4 Å². The molecule has 1 rings (SSSR count). The van der Waals surface area contributed by atoms with Gasteiger partial charge >= 0.3 is 0 Å². The molecule has 19 heavy (non-hydrogen) atoms. The average Bonchev–Trinajstić information content (AvgIpc) is 2.66. The van der Waals surface area contributed by atoms with Crippen LogP contribution in [0.1, 0.15) is 74.7 Å². The van der Waals surface area contributed by atoms with Crippen molar-refractivity contribution in [1.29, 1.82) is 0 Å². The molecule has 0 saturated carbocycles. The highest BCUT2D eigenvalue weighted by Crippen LogP contribution is 2.44. The summed E-state index contributed by atoms with van der Waals surface area (Å²) in [5.41, 5.74) is 0.133. The molecule has 1 heterocycles. The van der Waals surface area contributed by atoms with Crippen molar-refractivity contribution in [2.75, 3.05) is 6.54 Å². The molecule has 0 aromatic heterocycles. The molecule has 112 valence electrons. The molecule has 2 heteroatoms. The van der Waals surface area contributed by atoms with Gasteiger partial charge in [-0.3, -0.25) is 9.69 Å². The maximum Gasteiger partial charge on any atom is 0.142 e. The molecular weight excluding hydrogens is 234 g/mol. The van der Waals surface area contributed by atoms with E-state index in [0.29, 0.717) is 5.78 Å². The molecule has 0 aromatic carbocycles. The highest BCUT2D eigenvalue weighted by Gasteiger charge is 2.50. The first-order chi connectivity index (χ1) is 8.48. The van der Waals surface area contributed by atoms with E-state index in [1.807, 2.05) is 0 Å². The van der Waals surface area contributed by atoms with Crippen LogP contribution in [0.15, 0.2) is 0 Å². The molecule has 0 spiro atoms. The largest absolute Gasteiger partial charge is 0.299 e. The lowest BCUT2D eigenvalue weighted by molar-refractivity contribution is -0.130. The van der Waals surface area contributed by atoms with Crippen molar-refractivity contribution in [2.24, 2.45) is 11.3 Å². The minimum Gasteiger partial charge on any atom is -0.299 e. The van der Waals surface area contributed by atoms with Gasteiger partial charge in [0.1, 0.15) is 5.78 Å². The van der Waals surface area contributed by atoms with E-state index in [9.17, 15) is 4.79 Å². The molecule has 1 aliphatic heterocycles. The standard InChI is InChI=1S/C17H33NO/c1-9-17(10-2)11-13(14(19)15(3,4)5)12-18(17)16(6,7)8/h13H,9-12H2,1-8H3. The second kappa shape index (κ2) is 5.20. The summed E-state index contributed by atoms with van der Waals surface area (Å²) in [7, 11) is 0. The van der Waals surface area contributed by atoms with E-state index in [2.05, 4.69) is 60.3 Å². The third-order valence-electron chi connectivity index (χ3n) is 4.84. The molecule has 0 aromatic rings. The monoisotopic (exact) mass is 267 g/mol. The SMILES string of the molecule is CCC1(CC)CC(C(=O)C(C)(C)C)CN1C(C)(C)C. The lowest BCUT2D eigenvalue weighted by Gasteiger charge is -2.45. The molecule has 1 aliphatic rings. The van der Waals surface area contributed by atoms with Gasteiger partial charge in [0.05, 0.1) is 0 Å². The van der Waals surface area contributed by atoms with Crippen molar-refractivity contribution in [1.82, 2.24) is 4.90 Å². The van der Waals surface area contributed by atoms with E-state index >= 15 is 0 Å². The number of carbonyl (C=O) groups excluding carboxylic acids is 1. The van der Waals surface area contributed by atoms with Gasteiger partial charge in [-0.25, -0.2) is 0 Å². The third kappa shape index (κ3) is 3.21. The van der Waals surface area contributed by atoms with Gasteiger partial charge in [0.25, 0.3) is 0 Å². The highest BCUT2D eigenvalue weighted by molar-refractivity contribution is 5.86. The fourth-order valence-electron chi connectivity index (χ4n) is 3.74. The van der Waals surface area contributed by atoms with Crippen LogP contribution in [0.2, 0.25) is 0 Å². The molecule has 1 fully saturated rings. The van der Waals surface area contributed by atoms with Crippen molar-refractivity contribution in [2.45, 2.75) is 85.7 Å². The lowest BCUT2D eigenvalue weighted by atomic mass is 9.78. The lowest BCUT2D eigenvalue weighted by Crippen LogP contribution is -2.52. The smallest absolute Gasteiger partial charge is 0.142 e. The fourth-order valence-corrected chi connectivity index (χ4v) is 3.74. The molecule has 1 atom stereocenters. The molecular formula is C17H33NO. The Morgan fingerprint density at radius 1 is 1.11 bits per heavy atom. The van der Waals surface area contributed by atoms with Crippen LogP contribution in [-0.2, 0) is 4.79 Å². The Morgan fingerprint density at radius 2 is 1.58 bits per heavy atom. The predicted octanol–water partition coefficient (Wildman–Crippen LogP) is 4.28. The fraction of sp³-hybridized carbons (Fsp3) is 0.941. The summed E-state index contributed by atoms with van der Waals surface area (Å²) in [5.74, 6) is 0.643. The predicted molar refractivity (Wildman–Crippen MR) is 82.3 cm³/mol. The molecule has 0 N–H and O–H groups in total. The summed E-state index contributed by atoms with van der Waals surface area (Å²) >= 11 is 0. The van der Waals surface area contributed by atoms with E-state index in [1.165, 1.54) is 0 Å². The van der Waals surface area contributed by atoms with Crippen LogP contribution in [0.25, 0.3) is 0 Å². The van der Waals surface area contributed by atoms with Crippen LogP contribution in [0.5, 0.6) is 0 Å². The van der Waals surface area contributed by atoms with Crippen molar-refractivity contribution >= 4 is 5.78 Å². The minimum atomic E-state index is -0.216. The van der Waals surface area contributed by atoms with E-state index in [0.717, 1.165) is 25.8 Å². The van der Waals surface area contributed by atoms with Gasteiger partial charge in [0, 0.05) is 29.0 Å². The second-order valence-corrected chi connectivity index (χ2v) is 8.23. The van der Waals surface area contributed by atoms with Crippen molar-refractivity contribution in [3.05, 3.63) is 0 Å². The van der Waals surface area contributed by atoms with Gasteiger partial charge in [-0.05, 0) is 40.0 Å². The van der Waals surface area contributed by atoms with Crippen LogP contribution in [0.4, 0.5) is 0 Å². The zero-order chi connectivity index (χ0) is 15.1. The zero-order valence-corrected chi connectivity index (χ0v) is 14.3. The van der Waals surface area contributed by atoms with Gasteiger partial charge in [-0.15, -0.1) is 0 Å².